The Hall–Kier alpha value is -2.74. The minimum atomic E-state index is -4.36. The Balaban J connectivity index is 1.82. The lowest BCUT2D eigenvalue weighted by Crippen LogP contribution is -2.04. The van der Waals surface area contributed by atoms with E-state index in [1.807, 2.05) is 30.3 Å². The number of halogens is 3. The highest BCUT2D eigenvalue weighted by Gasteiger charge is 2.29. The van der Waals surface area contributed by atoms with Crippen molar-refractivity contribution in [3.8, 4) is 0 Å². The third-order valence-electron chi connectivity index (χ3n) is 3.48. The molecule has 0 unspecified atom stereocenters. The monoisotopic (exact) mass is 362 g/mol. The van der Waals surface area contributed by atoms with Crippen LogP contribution in [0.3, 0.4) is 0 Å². The molecule has 0 fully saturated rings. The van der Waals surface area contributed by atoms with E-state index in [2.05, 4.69) is 15.3 Å². The molecule has 0 atom stereocenters. The van der Waals surface area contributed by atoms with E-state index in [1.54, 1.807) is 0 Å². The molecule has 1 heterocycles. The summed E-state index contributed by atoms with van der Waals surface area (Å²) in [7, 11) is 0. The predicted molar refractivity (Wildman–Crippen MR) is 91.1 cm³/mol. The zero-order valence-electron chi connectivity index (χ0n) is 12.9. The van der Waals surface area contributed by atoms with Crippen molar-refractivity contribution in [2.75, 3.05) is 0 Å². The van der Waals surface area contributed by atoms with Gasteiger partial charge in [0.05, 0.1) is 11.8 Å². The van der Waals surface area contributed by atoms with Crippen molar-refractivity contribution < 1.29 is 13.2 Å². The number of nitrogens with one attached hydrogen (secondary N) is 1. The van der Waals surface area contributed by atoms with Crippen LogP contribution in [0.25, 0.3) is 0 Å². The van der Waals surface area contributed by atoms with Gasteiger partial charge in [-0.05, 0) is 35.5 Å². The van der Waals surface area contributed by atoms with E-state index in [-0.39, 0.29) is 0 Å². The topological polar surface area (TPSA) is 46.0 Å². The summed E-state index contributed by atoms with van der Waals surface area (Å²) in [5.41, 5.74) is 0.874. The molecule has 0 aliphatic heterocycles. The molecule has 1 N–H and O–H groups in total. The van der Waals surface area contributed by atoms with Crippen LogP contribution in [0.4, 0.5) is 13.2 Å². The molecular weight excluding hydrogens is 349 g/mol. The number of aromatic nitrogens is 3. The number of H-pyrrole nitrogens is 1. The number of hydrogen-bond donors (Lipinski definition) is 1. The zero-order valence-corrected chi connectivity index (χ0v) is 13.7. The number of alkyl halides is 3. The van der Waals surface area contributed by atoms with Crippen molar-refractivity contribution in [2.45, 2.75) is 12.6 Å². The Kier molecular flexibility index (Phi) is 4.80. The smallest absolute Gasteiger partial charge is 0.250 e. The van der Waals surface area contributed by atoms with Gasteiger partial charge in [-0.1, -0.05) is 42.5 Å². The average molecular weight is 362 g/mol. The van der Waals surface area contributed by atoms with Crippen LogP contribution in [0.1, 0.15) is 22.5 Å². The van der Waals surface area contributed by atoms with Crippen LogP contribution in [0.5, 0.6) is 0 Å². The van der Waals surface area contributed by atoms with Gasteiger partial charge in [0, 0.05) is 6.42 Å². The molecule has 0 radical (unpaired) electrons. The van der Waals surface area contributed by atoms with Crippen LogP contribution in [-0.2, 0) is 12.6 Å². The molecule has 0 saturated heterocycles. The molecule has 0 amide bonds. The molecule has 0 spiro atoms. The fourth-order valence-corrected chi connectivity index (χ4v) is 2.42. The van der Waals surface area contributed by atoms with E-state index in [4.69, 9.17) is 12.2 Å². The standard InChI is InChI=1S/C17H13F3N4S/c18-17(19,20)14-8-6-13(7-9-14)11-21-24-15(22-23-16(24)25)10-12-4-2-1-3-5-12/h1-9,11H,10H2,(H,23,25)/b21-11-. The maximum absolute atomic E-state index is 12.6. The van der Waals surface area contributed by atoms with E-state index in [9.17, 15) is 13.2 Å². The highest BCUT2D eigenvalue weighted by atomic mass is 32.1. The Morgan fingerprint density at radius 1 is 1.08 bits per heavy atom. The van der Waals surface area contributed by atoms with Crippen molar-refractivity contribution in [1.29, 1.82) is 0 Å². The lowest BCUT2D eigenvalue weighted by Gasteiger charge is -2.05. The lowest BCUT2D eigenvalue weighted by atomic mass is 10.1. The molecule has 0 bridgehead atoms. The van der Waals surface area contributed by atoms with E-state index >= 15 is 0 Å². The van der Waals surface area contributed by atoms with Crippen molar-refractivity contribution in [3.05, 3.63) is 81.9 Å². The van der Waals surface area contributed by atoms with Gasteiger partial charge in [0.1, 0.15) is 0 Å². The number of rotatable bonds is 4. The summed E-state index contributed by atoms with van der Waals surface area (Å²) >= 11 is 5.16. The van der Waals surface area contributed by atoms with Crippen LogP contribution in [0.15, 0.2) is 59.7 Å². The fraction of sp³-hybridized carbons (Fsp3) is 0.118. The van der Waals surface area contributed by atoms with Crippen molar-refractivity contribution in [2.24, 2.45) is 5.10 Å². The van der Waals surface area contributed by atoms with Gasteiger partial charge in [-0.25, -0.2) is 0 Å². The molecule has 25 heavy (non-hydrogen) atoms. The van der Waals surface area contributed by atoms with Crippen molar-refractivity contribution in [3.63, 3.8) is 0 Å². The molecule has 1 aromatic heterocycles. The van der Waals surface area contributed by atoms with Gasteiger partial charge in [0.25, 0.3) is 0 Å². The first-order chi connectivity index (χ1) is 11.9. The van der Waals surface area contributed by atoms with Crippen molar-refractivity contribution in [1.82, 2.24) is 14.9 Å². The van der Waals surface area contributed by atoms with Crippen LogP contribution in [0, 0.1) is 4.77 Å². The predicted octanol–water partition coefficient (Wildman–Crippen LogP) is 4.43. The SMILES string of the molecule is FC(F)(F)c1ccc(/C=N\n2c(Cc3ccccc3)n[nH]c2=S)cc1. The van der Waals surface area contributed by atoms with Gasteiger partial charge in [0.2, 0.25) is 4.77 Å². The van der Waals surface area contributed by atoms with Gasteiger partial charge in [-0.2, -0.15) is 28.0 Å². The van der Waals surface area contributed by atoms with Crippen LogP contribution in [0.2, 0.25) is 0 Å². The maximum atomic E-state index is 12.6. The largest absolute Gasteiger partial charge is 0.416 e. The maximum Gasteiger partial charge on any atom is 0.416 e. The highest BCUT2D eigenvalue weighted by molar-refractivity contribution is 7.71. The third-order valence-corrected chi connectivity index (χ3v) is 3.75. The molecular formula is C17H13F3N4S. The van der Waals surface area contributed by atoms with E-state index in [0.717, 1.165) is 17.7 Å². The van der Waals surface area contributed by atoms with Gasteiger partial charge in [0.15, 0.2) is 5.82 Å². The summed E-state index contributed by atoms with van der Waals surface area (Å²) in [6, 6.07) is 14.4. The second-order valence-corrected chi connectivity index (χ2v) is 5.67. The van der Waals surface area contributed by atoms with E-state index in [1.165, 1.54) is 23.0 Å². The number of hydrogen-bond acceptors (Lipinski definition) is 3. The van der Waals surface area contributed by atoms with Crippen molar-refractivity contribution >= 4 is 18.4 Å². The molecule has 3 rings (SSSR count). The van der Waals surface area contributed by atoms with Crippen LogP contribution >= 0.6 is 12.2 Å². The summed E-state index contributed by atoms with van der Waals surface area (Å²) in [6.45, 7) is 0. The minimum Gasteiger partial charge on any atom is -0.250 e. The first-order valence-corrected chi connectivity index (χ1v) is 7.76. The summed E-state index contributed by atoms with van der Waals surface area (Å²) in [4.78, 5) is 0. The molecule has 0 aliphatic rings. The Labute approximate surface area is 146 Å². The summed E-state index contributed by atoms with van der Waals surface area (Å²) < 4.78 is 39.5. The Bertz CT molecular complexity index is 925. The second-order valence-electron chi connectivity index (χ2n) is 5.28. The normalized spacial score (nSPS) is 12.0. The van der Waals surface area contributed by atoms with Crippen LogP contribution in [-0.4, -0.2) is 21.1 Å². The van der Waals surface area contributed by atoms with Gasteiger partial charge in [-0.3, -0.25) is 5.10 Å². The summed E-state index contributed by atoms with van der Waals surface area (Å²) in [5, 5.41) is 11.1. The molecule has 4 nitrogen and oxygen atoms in total. The Morgan fingerprint density at radius 3 is 2.40 bits per heavy atom. The first kappa shape index (κ1) is 17.1. The number of benzene rings is 2. The van der Waals surface area contributed by atoms with Gasteiger partial charge in [-0.15, -0.1) is 0 Å². The first-order valence-electron chi connectivity index (χ1n) is 7.35. The minimum absolute atomic E-state index is 0.314. The average Bonchev–Trinajstić information content (AvgIpc) is 2.93. The number of nitrogens with zero attached hydrogens (tertiary/aromatic N) is 3. The van der Waals surface area contributed by atoms with E-state index < -0.39 is 11.7 Å². The fourth-order valence-electron chi connectivity index (χ4n) is 2.22. The highest BCUT2D eigenvalue weighted by Crippen LogP contribution is 2.28. The molecule has 3 aromatic rings. The third kappa shape index (κ3) is 4.21. The van der Waals surface area contributed by atoms with Crippen LogP contribution < -0.4 is 0 Å². The quantitative estimate of drug-likeness (QED) is 0.551. The molecule has 8 heteroatoms. The molecule has 2 aromatic carbocycles. The zero-order chi connectivity index (χ0) is 17.9. The summed E-state index contributed by atoms with van der Waals surface area (Å²) in [5.74, 6) is 0.611. The lowest BCUT2D eigenvalue weighted by molar-refractivity contribution is -0.137. The molecule has 0 saturated carbocycles. The molecule has 128 valence electrons. The summed E-state index contributed by atoms with van der Waals surface area (Å²) in [6.07, 6.45) is -2.38. The Morgan fingerprint density at radius 2 is 1.76 bits per heavy atom. The van der Waals surface area contributed by atoms with E-state index in [0.29, 0.717) is 22.6 Å². The van der Waals surface area contributed by atoms with Gasteiger partial charge >= 0.3 is 6.18 Å². The second kappa shape index (κ2) is 7.02. The van der Waals surface area contributed by atoms with Gasteiger partial charge < -0.3 is 0 Å². The number of aromatic amines is 1. The molecule has 0 aliphatic carbocycles.